The molecule has 3 unspecified atom stereocenters. The minimum absolute atomic E-state index is 0.111. The van der Waals surface area contributed by atoms with Crippen molar-refractivity contribution in [1.82, 2.24) is 4.90 Å². The fourth-order valence-electron chi connectivity index (χ4n) is 3.59. The molecule has 3 heteroatoms. The number of halogens is 1. The van der Waals surface area contributed by atoms with Crippen molar-refractivity contribution in [3.8, 4) is 0 Å². The van der Waals surface area contributed by atoms with E-state index in [1.807, 2.05) is 6.07 Å². The molecule has 0 radical (unpaired) electrons. The monoisotopic (exact) mass is 353 g/mol. The van der Waals surface area contributed by atoms with E-state index in [0.717, 1.165) is 25.4 Å². The smallest absolute Gasteiger partial charge is 0.0580 e. The molecule has 1 fully saturated rings. The van der Waals surface area contributed by atoms with Gasteiger partial charge in [-0.1, -0.05) is 53.9 Å². The molecule has 0 aliphatic heterocycles. The van der Waals surface area contributed by atoms with Gasteiger partial charge in [-0.2, -0.15) is 0 Å². The first-order chi connectivity index (χ1) is 10.1. The summed E-state index contributed by atoms with van der Waals surface area (Å²) in [6.45, 7) is 4.19. The lowest BCUT2D eigenvalue weighted by atomic mass is 9.77. The maximum absolute atomic E-state index is 10.3. The Kier molecular flexibility index (Phi) is 6.72. The van der Waals surface area contributed by atoms with E-state index in [0.29, 0.717) is 5.92 Å². The summed E-state index contributed by atoms with van der Waals surface area (Å²) >= 11 is 3.62. The van der Waals surface area contributed by atoms with Gasteiger partial charge in [-0.25, -0.2) is 0 Å². The van der Waals surface area contributed by atoms with Crippen LogP contribution in [-0.2, 0) is 6.54 Å². The first kappa shape index (κ1) is 17.0. The first-order valence-electron chi connectivity index (χ1n) is 8.20. The lowest BCUT2D eigenvalue weighted by Gasteiger charge is -2.35. The van der Waals surface area contributed by atoms with Crippen LogP contribution in [0.5, 0.6) is 0 Å². The van der Waals surface area contributed by atoms with Crippen LogP contribution in [0.25, 0.3) is 0 Å². The van der Waals surface area contributed by atoms with Gasteiger partial charge in [0.1, 0.15) is 0 Å². The van der Waals surface area contributed by atoms with Crippen LogP contribution in [0.3, 0.4) is 0 Å². The van der Waals surface area contributed by atoms with E-state index in [1.54, 1.807) is 0 Å². The van der Waals surface area contributed by atoms with Crippen LogP contribution in [0, 0.1) is 11.8 Å². The van der Waals surface area contributed by atoms with Crippen molar-refractivity contribution in [2.75, 3.05) is 13.6 Å². The number of nitrogens with zero attached hydrogens (tertiary/aromatic N) is 1. The fraction of sp³-hybridized carbons (Fsp3) is 0.667. The van der Waals surface area contributed by atoms with Crippen LogP contribution >= 0.6 is 15.9 Å². The van der Waals surface area contributed by atoms with Gasteiger partial charge in [0, 0.05) is 17.6 Å². The Bertz CT molecular complexity index is 437. The molecule has 21 heavy (non-hydrogen) atoms. The zero-order chi connectivity index (χ0) is 15.2. The van der Waals surface area contributed by atoms with E-state index in [-0.39, 0.29) is 6.10 Å². The fourth-order valence-corrected chi connectivity index (χ4v) is 4.00. The molecule has 1 aliphatic rings. The summed E-state index contributed by atoms with van der Waals surface area (Å²) in [5.41, 5.74) is 1.32. The summed E-state index contributed by atoms with van der Waals surface area (Å²) in [5.74, 6) is 1.25. The molecule has 0 bridgehead atoms. The Morgan fingerprint density at radius 2 is 2.05 bits per heavy atom. The van der Waals surface area contributed by atoms with Gasteiger partial charge in [-0.05, 0) is 49.8 Å². The largest absolute Gasteiger partial charge is 0.393 e. The average Bonchev–Trinajstić information content (AvgIpc) is 2.45. The highest BCUT2D eigenvalue weighted by Crippen LogP contribution is 2.33. The number of hydrogen-bond acceptors (Lipinski definition) is 2. The van der Waals surface area contributed by atoms with E-state index in [1.165, 1.54) is 35.7 Å². The Balaban J connectivity index is 1.88. The highest BCUT2D eigenvalue weighted by Gasteiger charge is 2.29. The number of rotatable bonds is 6. The summed E-state index contributed by atoms with van der Waals surface area (Å²) < 4.78 is 1.17. The van der Waals surface area contributed by atoms with Crippen LogP contribution in [-0.4, -0.2) is 29.7 Å². The van der Waals surface area contributed by atoms with Crippen LogP contribution in [0.4, 0.5) is 0 Å². The molecule has 118 valence electrons. The SMILES string of the molecule is CCCC1CCC(O)C(CN(C)Cc2ccccc2Br)C1. The van der Waals surface area contributed by atoms with Gasteiger partial charge in [0.15, 0.2) is 0 Å². The normalized spacial score (nSPS) is 26.2. The molecule has 1 saturated carbocycles. The maximum atomic E-state index is 10.3. The first-order valence-corrected chi connectivity index (χ1v) is 8.99. The maximum Gasteiger partial charge on any atom is 0.0580 e. The molecular formula is C18H28BrNO. The van der Waals surface area contributed by atoms with Crippen molar-refractivity contribution < 1.29 is 5.11 Å². The summed E-state index contributed by atoms with van der Waals surface area (Å²) in [6, 6.07) is 8.39. The van der Waals surface area contributed by atoms with Gasteiger partial charge in [-0.15, -0.1) is 0 Å². The molecule has 1 aromatic carbocycles. The number of hydrogen-bond donors (Lipinski definition) is 1. The van der Waals surface area contributed by atoms with Crippen molar-refractivity contribution >= 4 is 15.9 Å². The van der Waals surface area contributed by atoms with E-state index >= 15 is 0 Å². The summed E-state index contributed by atoms with van der Waals surface area (Å²) in [7, 11) is 2.16. The molecule has 1 aliphatic carbocycles. The third-order valence-electron chi connectivity index (χ3n) is 4.69. The van der Waals surface area contributed by atoms with Crippen molar-refractivity contribution in [2.24, 2.45) is 11.8 Å². The Morgan fingerprint density at radius 3 is 2.76 bits per heavy atom. The van der Waals surface area contributed by atoms with E-state index in [9.17, 15) is 5.11 Å². The highest BCUT2D eigenvalue weighted by molar-refractivity contribution is 9.10. The summed E-state index contributed by atoms with van der Waals surface area (Å²) in [5, 5.41) is 10.3. The van der Waals surface area contributed by atoms with Crippen molar-refractivity contribution in [3.63, 3.8) is 0 Å². The number of aliphatic hydroxyl groups is 1. The highest BCUT2D eigenvalue weighted by atomic mass is 79.9. The second-order valence-corrected chi connectivity index (χ2v) is 7.44. The molecule has 0 spiro atoms. The van der Waals surface area contributed by atoms with Crippen molar-refractivity contribution in [3.05, 3.63) is 34.3 Å². The minimum atomic E-state index is -0.111. The molecule has 1 N–H and O–H groups in total. The van der Waals surface area contributed by atoms with Crippen molar-refractivity contribution in [1.29, 1.82) is 0 Å². The lowest BCUT2D eigenvalue weighted by molar-refractivity contribution is 0.0287. The zero-order valence-electron chi connectivity index (χ0n) is 13.3. The minimum Gasteiger partial charge on any atom is -0.393 e. The van der Waals surface area contributed by atoms with Gasteiger partial charge in [0.25, 0.3) is 0 Å². The predicted molar refractivity (Wildman–Crippen MR) is 92.2 cm³/mol. The second-order valence-electron chi connectivity index (χ2n) is 6.58. The Morgan fingerprint density at radius 1 is 1.29 bits per heavy atom. The molecule has 2 nitrogen and oxygen atoms in total. The van der Waals surface area contributed by atoms with E-state index in [4.69, 9.17) is 0 Å². The van der Waals surface area contributed by atoms with Gasteiger partial charge in [0.05, 0.1) is 6.10 Å². The third-order valence-corrected chi connectivity index (χ3v) is 5.47. The van der Waals surface area contributed by atoms with Crippen molar-refractivity contribution in [2.45, 2.75) is 51.7 Å². The topological polar surface area (TPSA) is 23.5 Å². The average molecular weight is 354 g/mol. The van der Waals surface area contributed by atoms with Crippen LogP contribution in [0.1, 0.15) is 44.6 Å². The van der Waals surface area contributed by atoms with E-state index < -0.39 is 0 Å². The molecule has 3 atom stereocenters. The number of aliphatic hydroxyl groups excluding tert-OH is 1. The molecule has 0 amide bonds. The van der Waals surface area contributed by atoms with Gasteiger partial charge < -0.3 is 10.0 Å². The summed E-state index contributed by atoms with van der Waals surface area (Å²) in [6.07, 6.45) is 5.85. The standard InChI is InChI=1S/C18H28BrNO/c1-3-6-14-9-10-18(21)16(11-14)13-20(2)12-15-7-4-5-8-17(15)19/h4-5,7-8,14,16,18,21H,3,6,9-13H2,1-2H3. The Labute approximate surface area is 137 Å². The Hall–Kier alpha value is -0.380. The molecule has 0 saturated heterocycles. The summed E-state index contributed by atoms with van der Waals surface area (Å²) in [4.78, 5) is 2.35. The molecule has 0 heterocycles. The van der Waals surface area contributed by atoms with Crippen LogP contribution in [0.2, 0.25) is 0 Å². The predicted octanol–water partition coefficient (Wildman–Crippen LogP) is 4.46. The van der Waals surface area contributed by atoms with Gasteiger partial charge in [-0.3, -0.25) is 0 Å². The molecular weight excluding hydrogens is 326 g/mol. The second kappa shape index (κ2) is 8.30. The van der Waals surface area contributed by atoms with E-state index in [2.05, 4.69) is 53.0 Å². The quantitative estimate of drug-likeness (QED) is 0.815. The van der Waals surface area contributed by atoms with Crippen LogP contribution in [0.15, 0.2) is 28.7 Å². The third kappa shape index (κ3) is 5.08. The number of benzene rings is 1. The molecule has 0 aromatic heterocycles. The molecule has 2 rings (SSSR count). The van der Waals surface area contributed by atoms with Gasteiger partial charge >= 0.3 is 0 Å². The molecule has 1 aromatic rings. The lowest BCUT2D eigenvalue weighted by Crippen LogP contribution is -2.37. The van der Waals surface area contributed by atoms with Gasteiger partial charge in [0.2, 0.25) is 0 Å². The zero-order valence-corrected chi connectivity index (χ0v) is 14.8. The van der Waals surface area contributed by atoms with Crippen LogP contribution < -0.4 is 0 Å².